The Kier molecular flexibility index (Phi) is 2.42. The molecule has 0 aliphatic heterocycles. The molecule has 1 aromatic carbocycles. The molecule has 2 heteroatoms. The Balaban J connectivity index is 2.54. The first-order chi connectivity index (χ1) is 7.16. The fourth-order valence-corrected chi connectivity index (χ4v) is 1.69. The lowest BCUT2D eigenvalue weighted by atomic mass is 10.0. The second-order valence-corrected chi connectivity index (χ2v) is 3.79. The normalized spacial score (nSPS) is 10.3. The second-order valence-electron chi connectivity index (χ2n) is 3.79. The summed E-state index contributed by atoms with van der Waals surface area (Å²) in [4.78, 5) is 4.12. The van der Waals surface area contributed by atoms with Crippen molar-refractivity contribution in [1.82, 2.24) is 4.98 Å². The van der Waals surface area contributed by atoms with Gasteiger partial charge in [0.15, 0.2) is 0 Å². The van der Waals surface area contributed by atoms with Gasteiger partial charge in [0.05, 0.1) is 0 Å². The van der Waals surface area contributed by atoms with Crippen LogP contribution in [0.15, 0.2) is 36.5 Å². The maximum absolute atomic E-state index is 5.62. The fourth-order valence-electron chi connectivity index (χ4n) is 1.69. The van der Waals surface area contributed by atoms with Crippen molar-refractivity contribution in [2.45, 2.75) is 13.8 Å². The van der Waals surface area contributed by atoms with Gasteiger partial charge in [-0.15, -0.1) is 0 Å². The predicted octanol–water partition coefficient (Wildman–Crippen LogP) is 2.95. The zero-order valence-electron chi connectivity index (χ0n) is 8.99. The summed E-state index contributed by atoms with van der Waals surface area (Å²) in [7, 11) is 0. The van der Waals surface area contributed by atoms with Crippen molar-refractivity contribution in [1.29, 1.82) is 0 Å². The minimum atomic E-state index is 0.573. The van der Waals surface area contributed by atoms with Crippen molar-refractivity contribution in [3.63, 3.8) is 0 Å². The van der Waals surface area contributed by atoms with E-state index in [0.29, 0.717) is 5.82 Å². The van der Waals surface area contributed by atoms with E-state index in [4.69, 9.17) is 5.73 Å². The molecule has 0 aliphatic rings. The standard InChI is InChI=1S/C13H14N2/c1-9-4-3-5-11(6-9)12-8-15-13(14)7-10(12)2/h3-8H,1-2H3,(H2,14,15). The zero-order valence-corrected chi connectivity index (χ0v) is 8.99. The molecule has 2 rings (SSSR count). The Morgan fingerprint density at radius 1 is 1.13 bits per heavy atom. The quantitative estimate of drug-likeness (QED) is 0.765. The van der Waals surface area contributed by atoms with Crippen LogP contribution in [0.5, 0.6) is 0 Å². The number of hydrogen-bond donors (Lipinski definition) is 1. The molecule has 2 nitrogen and oxygen atoms in total. The molecule has 0 atom stereocenters. The lowest BCUT2D eigenvalue weighted by Gasteiger charge is -2.06. The molecular formula is C13H14N2. The van der Waals surface area contributed by atoms with Crippen LogP contribution in [0.4, 0.5) is 5.82 Å². The third kappa shape index (κ3) is 1.99. The number of hydrogen-bond acceptors (Lipinski definition) is 2. The maximum atomic E-state index is 5.62. The monoisotopic (exact) mass is 198 g/mol. The number of pyridine rings is 1. The van der Waals surface area contributed by atoms with Crippen molar-refractivity contribution in [3.8, 4) is 11.1 Å². The van der Waals surface area contributed by atoms with E-state index in [9.17, 15) is 0 Å². The molecule has 1 heterocycles. The van der Waals surface area contributed by atoms with Gasteiger partial charge in [-0.3, -0.25) is 0 Å². The van der Waals surface area contributed by atoms with Gasteiger partial charge in [-0.05, 0) is 31.0 Å². The smallest absolute Gasteiger partial charge is 0.123 e. The van der Waals surface area contributed by atoms with Crippen molar-refractivity contribution in [2.24, 2.45) is 0 Å². The average molecular weight is 198 g/mol. The summed E-state index contributed by atoms with van der Waals surface area (Å²) in [5, 5.41) is 0. The molecule has 0 bridgehead atoms. The SMILES string of the molecule is Cc1cccc(-c2cnc(N)cc2C)c1. The summed E-state index contributed by atoms with van der Waals surface area (Å²) in [5.74, 6) is 0.573. The first-order valence-electron chi connectivity index (χ1n) is 4.96. The van der Waals surface area contributed by atoms with Crippen LogP contribution in [0.2, 0.25) is 0 Å². The van der Waals surface area contributed by atoms with Crippen LogP contribution in [0.1, 0.15) is 11.1 Å². The van der Waals surface area contributed by atoms with Gasteiger partial charge < -0.3 is 5.73 Å². The summed E-state index contributed by atoms with van der Waals surface area (Å²) in [6.45, 7) is 4.14. The summed E-state index contributed by atoms with van der Waals surface area (Å²) in [6.07, 6.45) is 1.83. The molecule has 1 aromatic heterocycles. The summed E-state index contributed by atoms with van der Waals surface area (Å²) < 4.78 is 0. The molecule has 0 fully saturated rings. The van der Waals surface area contributed by atoms with E-state index >= 15 is 0 Å². The Morgan fingerprint density at radius 3 is 2.60 bits per heavy atom. The van der Waals surface area contributed by atoms with E-state index in [0.717, 1.165) is 11.1 Å². The topological polar surface area (TPSA) is 38.9 Å². The molecular weight excluding hydrogens is 184 g/mol. The molecule has 0 radical (unpaired) electrons. The van der Waals surface area contributed by atoms with Crippen LogP contribution in [-0.4, -0.2) is 4.98 Å². The fraction of sp³-hybridized carbons (Fsp3) is 0.154. The Labute approximate surface area is 89.8 Å². The summed E-state index contributed by atoms with van der Waals surface area (Å²) in [6, 6.07) is 10.3. The number of anilines is 1. The van der Waals surface area contributed by atoms with E-state index < -0.39 is 0 Å². The average Bonchev–Trinajstić information content (AvgIpc) is 2.17. The number of aryl methyl sites for hydroxylation is 2. The molecule has 0 spiro atoms. The van der Waals surface area contributed by atoms with Gasteiger partial charge in [0.25, 0.3) is 0 Å². The molecule has 0 amide bonds. The van der Waals surface area contributed by atoms with E-state index in [1.54, 1.807) is 0 Å². The van der Waals surface area contributed by atoms with Gasteiger partial charge in [0.1, 0.15) is 5.82 Å². The molecule has 0 saturated carbocycles. The third-order valence-corrected chi connectivity index (χ3v) is 2.46. The number of rotatable bonds is 1. The highest BCUT2D eigenvalue weighted by molar-refractivity contribution is 5.68. The third-order valence-electron chi connectivity index (χ3n) is 2.46. The van der Waals surface area contributed by atoms with Gasteiger partial charge in [0.2, 0.25) is 0 Å². The lowest BCUT2D eigenvalue weighted by molar-refractivity contribution is 1.29. The van der Waals surface area contributed by atoms with Crippen LogP contribution in [0.25, 0.3) is 11.1 Å². The number of aromatic nitrogens is 1. The van der Waals surface area contributed by atoms with Gasteiger partial charge in [0, 0.05) is 11.8 Å². The second kappa shape index (κ2) is 3.73. The summed E-state index contributed by atoms with van der Waals surface area (Å²) >= 11 is 0. The van der Waals surface area contributed by atoms with Crippen molar-refractivity contribution < 1.29 is 0 Å². The Hall–Kier alpha value is -1.83. The van der Waals surface area contributed by atoms with E-state index in [1.165, 1.54) is 11.1 Å². The Morgan fingerprint density at radius 2 is 1.93 bits per heavy atom. The predicted molar refractivity (Wildman–Crippen MR) is 63.6 cm³/mol. The largest absolute Gasteiger partial charge is 0.384 e. The lowest BCUT2D eigenvalue weighted by Crippen LogP contribution is -1.92. The minimum absolute atomic E-state index is 0.573. The van der Waals surface area contributed by atoms with E-state index in [-0.39, 0.29) is 0 Å². The van der Waals surface area contributed by atoms with Crippen LogP contribution >= 0.6 is 0 Å². The molecule has 0 unspecified atom stereocenters. The van der Waals surface area contributed by atoms with E-state index in [2.05, 4.69) is 43.1 Å². The maximum Gasteiger partial charge on any atom is 0.123 e. The van der Waals surface area contributed by atoms with Crippen molar-refractivity contribution in [2.75, 3.05) is 5.73 Å². The molecule has 2 aromatic rings. The molecule has 2 N–H and O–H groups in total. The van der Waals surface area contributed by atoms with E-state index in [1.807, 2.05) is 12.3 Å². The van der Waals surface area contributed by atoms with Gasteiger partial charge >= 0.3 is 0 Å². The van der Waals surface area contributed by atoms with Gasteiger partial charge in [-0.2, -0.15) is 0 Å². The molecule has 0 aliphatic carbocycles. The number of benzene rings is 1. The van der Waals surface area contributed by atoms with Crippen LogP contribution < -0.4 is 5.73 Å². The number of nitrogen functional groups attached to an aromatic ring is 1. The van der Waals surface area contributed by atoms with Gasteiger partial charge in [-0.1, -0.05) is 29.8 Å². The number of nitrogens with two attached hydrogens (primary N) is 1. The Bertz CT molecular complexity index is 490. The highest BCUT2D eigenvalue weighted by Gasteiger charge is 2.02. The number of nitrogens with zero attached hydrogens (tertiary/aromatic N) is 1. The highest BCUT2D eigenvalue weighted by atomic mass is 14.8. The summed E-state index contributed by atoms with van der Waals surface area (Å²) in [5.41, 5.74) is 10.4. The van der Waals surface area contributed by atoms with Crippen molar-refractivity contribution >= 4 is 5.82 Å². The first kappa shape index (κ1) is 9.71. The molecule has 0 saturated heterocycles. The van der Waals surface area contributed by atoms with Crippen LogP contribution in [0.3, 0.4) is 0 Å². The van der Waals surface area contributed by atoms with Crippen molar-refractivity contribution in [3.05, 3.63) is 47.7 Å². The molecule has 76 valence electrons. The van der Waals surface area contributed by atoms with Crippen LogP contribution in [0, 0.1) is 13.8 Å². The minimum Gasteiger partial charge on any atom is -0.384 e. The van der Waals surface area contributed by atoms with Crippen LogP contribution in [-0.2, 0) is 0 Å². The highest BCUT2D eigenvalue weighted by Crippen LogP contribution is 2.24. The zero-order chi connectivity index (χ0) is 10.8. The van der Waals surface area contributed by atoms with Gasteiger partial charge in [-0.25, -0.2) is 4.98 Å². The first-order valence-corrected chi connectivity index (χ1v) is 4.96. The molecule has 15 heavy (non-hydrogen) atoms.